The molecule has 1 aromatic heterocycles. The molecule has 29 heavy (non-hydrogen) atoms. The molecule has 3 aromatic rings. The van der Waals surface area contributed by atoms with Crippen LogP contribution in [0, 0.1) is 13.8 Å². The molecule has 5 heteroatoms. The standard InChI is InChI=1S/C24H28N4O/c1-18-15-19(2)28(26-18)23-13-8-11-21(17-23)25-24(29)27-14-7-6-12-22(27)16-20-9-4-3-5-10-20/h3-5,8-11,13,15,17,22H,6-7,12,14,16H2,1-2H3,(H,25,29). The number of nitrogens with zero attached hydrogens (tertiary/aromatic N) is 3. The normalized spacial score (nSPS) is 16.6. The molecule has 0 bridgehead atoms. The first kappa shape index (κ1) is 19.2. The van der Waals surface area contributed by atoms with Gasteiger partial charge in [-0.15, -0.1) is 0 Å². The third-order valence-corrected chi connectivity index (χ3v) is 5.55. The number of likely N-dealkylation sites (tertiary alicyclic amines) is 1. The van der Waals surface area contributed by atoms with Gasteiger partial charge in [0, 0.05) is 24.0 Å². The van der Waals surface area contributed by atoms with Gasteiger partial charge in [0.05, 0.1) is 11.4 Å². The second-order valence-corrected chi connectivity index (χ2v) is 7.85. The van der Waals surface area contributed by atoms with Gasteiger partial charge in [-0.25, -0.2) is 9.48 Å². The number of benzene rings is 2. The molecular formula is C24H28N4O. The van der Waals surface area contributed by atoms with E-state index in [1.165, 1.54) is 12.0 Å². The molecule has 150 valence electrons. The topological polar surface area (TPSA) is 50.2 Å². The van der Waals surface area contributed by atoms with Crippen LogP contribution in [0.2, 0.25) is 0 Å². The summed E-state index contributed by atoms with van der Waals surface area (Å²) in [6.07, 6.45) is 4.19. The lowest BCUT2D eigenvalue weighted by Gasteiger charge is -2.36. The van der Waals surface area contributed by atoms with E-state index in [1.54, 1.807) is 0 Å². The van der Waals surface area contributed by atoms with Crippen LogP contribution in [0.4, 0.5) is 10.5 Å². The Bertz CT molecular complexity index is 980. The van der Waals surface area contributed by atoms with Crippen LogP contribution in [-0.2, 0) is 6.42 Å². The molecule has 1 N–H and O–H groups in total. The number of urea groups is 1. The van der Waals surface area contributed by atoms with Crippen molar-refractivity contribution in [3.8, 4) is 5.69 Å². The Morgan fingerprint density at radius 3 is 2.66 bits per heavy atom. The first-order valence-corrected chi connectivity index (χ1v) is 10.4. The SMILES string of the molecule is Cc1cc(C)n(-c2cccc(NC(=O)N3CCCCC3Cc3ccccc3)c2)n1. The number of anilines is 1. The quantitative estimate of drug-likeness (QED) is 0.674. The lowest BCUT2D eigenvalue weighted by atomic mass is 9.96. The Morgan fingerprint density at radius 2 is 1.90 bits per heavy atom. The van der Waals surface area contributed by atoms with E-state index in [-0.39, 0.29) is 12.1 Å². The lowest BCUT2D eigenvalue weighted by Crippen LogP contribution is -2.46. The van der Waals surface area contributed by atoms with Gasteiger partial charge >= 0.3 is 6.03 Å². The Labute approximate surface area is 172 Å². The van der Waals surface area contributed by atoms with Crippen molar-refractivity contribution in [1.82, 2.24) is 14.7 Å². The first-order valence-electron chi connectivity index (χ1n) is 10.4. The Balaban J connectivity index is 1.49. The monoisotopic (exact) mass is 388 g/mol. The summed E-state index contributed by atoms with van der Waals surface area (Å²) in [4.78, 5) is 15.1. The maximum atomic E-state index is 13.1. The summed E-state index contributed by atoms with van der Waals surface area (Å²) in [5.41, 5.74) is 5.08. The van der Waals surface area contributed by atoms with Crippen LogP contribution in [0.25, 0.3) is 5.69 Å². The Kier molecular flexibility index (Phi) is 5.65. The van der Waals surface area contributed by atoms with Gasteiger partial charge in [-0.3, -0.25) is 0 Å². The van der Waals surface area contributed by atoms with E-state index >= 15 is 0 Å². The minimum absolute atomic E-state index is 0.0175. The van der Waals surface area contributed by atoms with Crippen molar-refractivity contribution < 1.29 is 4.79 Å². The van der Waals surface area contributed by atoms with E-state index in [1.807, 2.05) is 59.8 Å². The van der Waals surface area contributed by atoms with E-state index in [9.17, 15) is 4.79 Å². The second-order valence-electron chi connectivity index (χ2n) is 7.85. The van der Waals surface area contributed by atoms with Gasteiger partial charge < -0.3 is 10.2 Å². The van der Waals surface area contributed by atoms with Crippen LogP contribution in [0.3, 0.4) is 0 Å². The first-order chi connectivity index (χ1) is 14.1. The second kappa shape index (κ2) is 8.52. The molecule has 0 spiro atoms. The Hall–Kier alpha value is -3.08. The summed E-state index contributed by atoms with van der Waals surface area (Å²) >= 11 is 0. The fourth-order valence-corrected chi connectivity index (χ4v) is 4.17. The predicted octanol–water partition coefficient (Wildman–Crippen LogP) is 5.12. The highest BCUT2D eigenvalue weighted by atomic mass is 16.2. The zero-order valence-corrected chi connectivity index (χ0v) is 17.1. The van der Waals surface area contributed by atoms with Crippen LogP contribution < -0.4 is 5.32 Å². The van der Waals surface area contributed by atoms with Crippen LogP contribution in [-0.4, -0.2) is 33.3 Å². The molecule has 2 amide bonds. The summed E-state index contributed by atoms with van der Waals surface area (Å²) in [6, 6.07) is 20.6. The molecule has 5 nitrogen and oxygen atoms in total. The number of nitrogens with one attached hydrogen (secondary N) is 1. The molecule has 4 rings (SSSR count). The van der Waals surface area contributed by atoms with Gasteiger partial charge in [-0.05, 0) is 69.4 Å². The van der Waals surface area contributed by atoms with E-state index < -0.39 is 0 Å². The minimum Gasteiger partial charge on any atom is -0.321 e. The van der Waals surface area contributed by atoms with Gasteiger partial charge in [-0.2, -0.15) is 5.10 Å². The largest absolute Gasteiger partial charge is 0.322 e. The van der Waals surface area contributed by atoms with E-state index in [2.05, 4.69) is 34.7 Å². The number of carbonyl (C=O) groups excluding carboxylic acids is 1. The molecule has 1 saturated heterocycles. The lowest BCUT2D eigenvalue weighted by molar-refractivity contribution is 0.162. The maximum absolute atomic E-state index is 13.1. The van der Waals surface area contributed by atoms with E-state index in [0.717, 1.165) is 48.6 Å². The third-order valence-electron chi connectivity index (χ3n) is 5.55. The van der Waals surface area contributed by atoms with Gasteiger partial charge in [0.1, 0.15) is 0 Å². The van der Waals surface area contributed by atoms with Crippen molar-refractivity contribution in [2.24, 2.45) is 0 Å². The number of rotatable bonds is 4. The van der Waals surface area contributed by atoms with Crippen molar-refractivity contribution in [3.05, 3.63) is 77.6 Å². The average Bonchev–Trinajstić information content (AvgIpc) is 3.07. The third kappa shape index (κ3) is 4.50. The number of amides is 2. The molecule has 2 heterocycles. The number of hydrogen-bond donors (Lipinski definition) is 1. The molecule has 1 unspecified atom stereocenters. The zero-order chi connectivity index (χ0) is 20.2. The van der Waals surface area contributed by atoms with Crippen molar-refractivity contribution in [2.75, 3.05) is 11.9 Å². The van der Waals surface area contributed by atoms with Crippen molar-refractivity contribution in [1.29, 1.82) is 0 Å². The molecule has 1 fully saturated rings. The van der Waals surface area contributed by atoms with E-state index in [4.69, 9.17) is 0 Å². The zero-order valence-electron chi connectivity index (χ0n) is 17.1. The summed E-state index contributed by atoms with van der Waals surface area (Å²) in [7, 11) is 0. The van der Waals surface area contributed by atoms with Crippen LogP contribution >= 0.6 is 0 Å². The number of aromatic nitrogens is 2. The van der Waals surface area contributed by atoms with Gasteiger partial charge in [0.15, 0.2) is 0 Å². The van der Waals surface area contributed by atoms with Crippen LogP contribution in [0.15, 0.2) is 60.7 Å². The molecular weight excluding hydrogens is 360 g/mol. The summed E-state index contributed by atoms with van der Waals surface area (Å²) in [5.74, 6) is 0. The highest BCUT2D eigenvalue weighted by Crippen LogP contribution is 2.23. The minimum atomic E-state index is -0.0175. The number of piperidine rings is 1. The molecule has 0 aliphatic carbocycles. The number of aryl methyl sites for hydroxylation is 2. The van der Waals surface area contributed by atoms with Gasteiger partial charge in [-0.1, -0.05) is 36.4 Å². The van der Waals surface area contributed by atoms with Gasteiger partial charge in [0.25, 0.3) is 0 Å². The fraction of sp³-hybridized carbons (Fsp3) is 0.333. The summed E-state index contributed by atoms with van der Waals surface area (Å²) in [5, 5.41) is 7.65. The summed E-state index contributed by atoms with van der Waals surface area (Å²) in [6.45, 7) is 4.83. The number of hydrogen-bond acceptors (Lipinski definition) is 2. The Morgan fingerprint density at radius 1 is 1.07 bits per heavy atom. The van der Waals surface area contributed by atoms with Crippen molar-refractivity contribution >= 4 is 11.7 Å². The molecule has 1 aliphatic heterocycles. The molecule has 1 aliphatic rings. The van der Waals surface area contributed by atoms with Crippen molar-refractivity contribution in [2.45, 2.75) is 45.6 Å². The van der Waals surface area contributed by atoms with E-state index in [0.29, 0.717) is 0 Å². The van der Waals surface area contributed by atoms with Crippen LogP contribution in [0.5, 0.6) is 0 Å². The smallest absolute Gasteiger partial charge is 0.321 e. The molecule has 0 saturated carbocycles. The average molecular weight is 389 g/mol. The highest BCUT2D eigenvalue weighted by Gasteiger charge is 2.27. The van der Waals surface area contributed by atoms with Crippen molar-refractivity contribution in [3.63, 3.8) is 0 Å². The number of carbonyl (C=O) groups is 1. The molecule has 2 aromatic carbocycles. The predicted molar refractivity (Wildman–Crippen MR) is 117 cm³/mol. The maximum Gasteiger partial charge on any atom is 0.322 e. The van der Waals surface area contributed by atoms with Gasteiger partial charge in [0.2, 0.25) is 0 Å². The highest BCUT2D eigenvalue weighted by molar-refractivity contribution is 5.90. The molecule has 0 radical (unpaired) electrons. The summed E-state index contributed by atoms with van der Waals surface area (Å²) < 4.78 is 1.91. The molecule has 1 atom stereocenters. The van der Waals surface area contributed by atoms with Crippen LogP contribution in [0.1, 0.15) is 36.2 Å². The fourth-order valence-electron chi connectivity index (χ4n) is 4.17.